The van der Waals surface area contributed by atoms with Gasteiger partial charge in [0.1, 0.15) is 11.6 Å². The van der Waals surface area contributed by atoms with Gasteiger partial charge in [0.2, 0.25) is 5.95 Å². The molecule has 3 rings (SSSR count). The highest BCUT2D eigenvalue weighted by atomic mass is 16.5. The number of aromatic nitrogens is 2. The van der Waals surface area contributed by atoms with E-state index in [1.807, 2.05) is 0 Å². The zero-order chi connectivity index (χ0) is 14.5. The fourth-order valence-electron chi connectivity index (χ4n) is 2.67. The topological polar surface area (TPSA) is 65.6 Å². The van der Waals surface area contributed by atoms with Crippen LogP contribution in [0.5, 0.6) is 0 Å². The minimum Gasteiger partial charge on any atom is -0.378 e. The van der Waals surface area contributed by atoms with Crippen LogP contribution in [-0.2, 0) is 4.74 Å². The zero-order valence-corrected chi connectivity index (χ0v) is 12.6. The molecule has 116 valence electrons. The minimum atomic E-state index is 0.718. The van der Waals surface area contributed by atoms with Crippen LogP contribution in [0.25, 0.3) is 0 Å². The van der Waals surface area contributed by atoms with Crippen molar-refractivity contribution in [1.82, 2.24) is 15.3 Å². The Morgan fingerprint density at radius 1 is 1.10 bits per heavy atom. The Hall–Kier alpha value is -1.60. The number of piperazine rings is 1. The number of hydrogen-bond acceptors (Lipinski definition) is 7. The third-order valence-corrected chi connectivity index (χ3v) is 3.81. The molecule has 7 nitrogen and oxygen atoms in total. The first-order valence-corrected chi connectivity index (χ1v) is 7.78. The molecule has 2 N–H and O–H groups in total. The first-order valence-electron chi connectivity index (χ1n) is 7.78. The largest absolute Gasteiger partial charge is 0.378 e. The highest BCUT2D eigenvalue weighted by molar-refractivity contribution is 5.55. The molecule has 2 fully saturated rings. The van der Waals surface area contributed by atoms with Gasteiger partial charge in [0.15, 0.2) is 0 Å². The lowest BCUT2D eigenvalue weighted by Gasteiger charge is -2.31. The summed E-state index contributed by atoms with van der Waals surface area (Å²) in [4.78, 5) is 13.9. The maximum atomic E-state index is 5.43. The third kappa shape index (κ3) is 3.54. The number of hydrogen-bond donors (Lipinski definition) is 2. The van der Waals surface area contributed by atoms with E-state index in [0.717, 1.165) is 76.6 Å². The van der Waals surface area contributed by atoms with Crippen molar-refractivity contribution >= 4 is 17.6 Å². The Morgan fingerprint density at radius 2 is 1.71 bits per heavy atom. The van der Waals surface area contributed by atoms with Crippen molar-refractivity contribution in [2.75, 3.05) is 74.1 Å². The number of nitrogens with one attached hydrogen (secondary N) is 2. The second kappa shape index (κ2) is 6.91. The molecule has 0 unspecified atom stereocenters. The number of morpholine rings is 1. The van der Waals surface area contributed by atoms with Crippen LogP contribution >= 0.6 is 0 Å². The molecule has 7 heteroatoms. The summed E-state index contributed by atoms with van der Waals surface area (Å²) in [5.41, 5.74) is 0. The molecule has 0 bridgehead atoms. The van der Waals surface area contributed by atoms with Gasteiger partial charge >= 0.3 is 0 Å². The molecule has 0 saturated carbocycles. The monoisotopic (exact) mass is 292 g/mol. The van der Waals surface area contributed by atoms with Crippen LogP contribution in [0, 0.1) is 0 Å². The van der Waals surface area contributed by atoms with Crippen LogP contribution in [0.3, 0.4) is 0 Å². The van der Waals surface area contributed by atoms with Crippen molar-refractivity contribution in [1.29, 1.82) is 0 Å². The van der Waals surface area contributed by atoms with Crippen LogP contribution in [0.1, 0.15) is 6.92 Å². The molecule has 2 aliphatic heterocycles. The van der Waals surface area contributed by atoms with E-state index in [0.29, 0.717) is 0 Å². The van der Waals surface area contributed by atoms with Crippen molar-refractivity contribution < 1.29 is 4.74 Å². The van der Waals surface area contributed by atoms with Gasteiger partial charge in [0, 0.05) is 51.9 Å². The molecule has 0 amide bonds. The summed E-state index contributed by atoms with van der Waals surface area (Å²) in [6.07, 6.45) is 0. The Balaban J connectivity index is 1.85. The first kappa shape index (κ1) is 14.3. The lowest BCUT2D eigenvalue weighted by atomic mass is 10.3. The number of ether oxygens (including phenoxy) is 1. The van der Waals surface area contributed by atoms with Gasteiger partial charge in [-0.1, -0.05) is 0 Å². The quantitative estimate of drug-likeness (QED) is 0.819. The molecule has 1 aromatic rings. The molecule has 0 aromatic carbocycles. The molecule has 2 saturated heterocycles. The third-order valence-electron chi connectivity index (χ3n) is 3.81. The molecule has 2 aliphatic rings. The molecule has 0 atom stereocenters. The minimum absolute atomic E-state index is 0.718. The van der Waals surface area contributed by atoms with Crippen LogP contribution < -0.4 is 20.4 Å². The van der Waals surface area contributed by atoms with Crippen LogP contribution in [0.15, 0.2) is 6.07 Å². The van der Waals surface area contributed by atoms with Crippen molar-refractivity contribution in [3.63, 3.8) is 0 Å². The maximum Gasteiger partial charge on any atom is 0.226 e. The highest BCUT2D eigenvalue weighted by Gasteiger charge is 2.18. The molecular formula is C14H24N6O. The van der Waals surface area contributed by atoms with E-state index in [1.54, 1.807) is 0 Å². The molecule has 21 heavy (non-hydrogen) atoms. The summed E-state index contributed by atoms with van der Waals surface area (Å²) in [7, 11) is 0. The van der Waals surface area contributed by atoms with Gasteiger partial charge in [-0.3, -0.25) is 0 Å². The summed E-state index contributed by atoms with van der Waals surface area (Å²) < 4.78 is 5.43. The SMILES string of the molecule is CCNc1nc(N2CCNCC2)cc(N2CCOCC2)n1. The predicted molar refractivity (Wildman–Crippen MR) is 84.3 cm³/mol. The molecular weight excluding hydrogens is 268 g/mol. The van der Waals surface area contributed by atoms with E-state index in [2.05, 4.69) is 43.4 Å². The fraction of sp³-hybridized carbons (Fsp3) is 0.714. The summed E-state index contributed by atoms with van der Waals surface area (Å²) in [6.45, 7) is 10.2. The Bertz CT molecular complexity index is 421. The highest BCUT2D eigenvalue weighted by Crippen LogP contribution is 2.22. The van der Waals surface area contributed by atoms with Gasteiger partial charge in [-0.05, 0) is 6.92 Å². The predicted octanol–water partition coefficient (Wildman–Crippen LogP) is 0.155. The summed E-state index contributed by atoms with van der Waals surface area (Å²) in [6, 6.07) is 2.11. The van der Waals surface area contributed by atoms with E-state index >= 15 is 0 Å². The van der Waals surface area contributed by atoms with Crippen molar-refractivity contribution in [2.45, 2.75) is 6.92 Å². The molecule has 3 heterocycles. The average molecular weight is 292 g/mol. The first-order chi connectivity index (χ1) is 10.4. The van der Waals surface area contributed by atoms with E-state index < -0.39 is 0 Å². The maximum absolute atomic E-state index is 5.43. The number of anilines is 3. The number of nitrogens with zero attached hydrogens (tertiary/aromatic N) is 4. The van der Waals surface area contributed by atoms with Gasteiger partial charge in [-0.2, -0.15) is 9.97 Å². The lowest BCUT2D eigenvalue weighted by Crippen LogP contribution is -2.44. The van der Waals surface area contributed by atoms with E-state index in [1.165, 1.54) is 0 Å². The Morgan fingerprint density at radius 3 is 2.33 bits per heavy atom. The summed E-state index contributed by atoms with van der Waals surface area (Å²) in [5.74, 6) is 2.73. The van der Waals surface area contributed by atoms with Gasteiger partial charge in [0.25, 0.3) is 0 Å². The van der Waals surface area contributed by atoms with Gasteiger partial charge in [-0.15, -0.1) is 0 Å². The summed E-state index contributed by atoms with van der Waals surface area (Å²) in [5, 5.41) is 6.62. The van der Waals surface area contributed by atoms with Crippen LogP contribution in [-0.4, -0.2) is 69.0 Å². The lowest BCUT2D eigenvalue weighted by molar-refractivity contribution is 0.122. The van der Waals surface area contributed by atoms with Gasteiger partial charge in [0.05, 0.1) is 13.2 Å². The van der Waals surface area contributed by atoms with E-state index in [4.69, 9.17) is 4.74 Å². The Kier molecular flexibility index (Phi) is 4.72. The van der Waals surface area contributed by atoms with Crippen LogP contribution in [0.4, 0.5) is 17.6 Å². The molecule has 0 radical (unpaired) electrons. The smallest absolute Gasteiger partial charge is 0.226 e. The van der Waals surface area contributed by atoms with E-state index in [-0.39, 0.29) is 0 Å². The normalized spacial score (nSPS) is 19.7. The molecule has 1 aromatic heterocycles. The standard InChI is InChI=1S/C14H24N6O/c1-2-16-14-17-12(19-5-3-15-4-6-19)11-13(18-14)20-7-9-21-10-8-20/h11,15H,2-10H2,1H3,(H,16,17,18). The molecule has 0 aliphatic carbocycles. The fourth-order valence-corrected chi connectivity index (χ4v) is 2.67. The average Bonchev–Trinajstić information content (AvgIpc) is 2.56. The Labute approximate surface area is 125 Å². The van der Waals surface area contributed by atoms with Crippen molar-refractivity contribution in [3.8, 4) is 0 Å². The second-order valence-corrected chi connectivity index (χ2v) is 5.27. The number of rotatable bonds is 4. The summed E-state index contributed by atoms with van der Waals surface area (Å²) >= 11 is 0. The van der Waals surface area contributed by atoms with Gasteiger partial charge < -0.3 is 25.2 Å². The van der Waals surface area contributed by atoms with Crippen LogP contribution in [0.2, 0.25) is 0 Å². The van der Waals surface area contributed by atoms with Crippen molar-refractivity contribution in [2.24, 2.45) is 0 Å². The van der Waals surface area contributed by atoms with E-state index in [9.17, 15) is 0 Å². The molecule has 0 spiro atoms. The zero-order valence-electron chi connectivity index (χ0n) is 12.6. The van der Waals surface area contributed by atoms with Crippen molar-refractivity contribution in [3.05, 3.63) is 6.07 Å². The van der Waals surface area contributed by atoms with Gasteiger partial charge in [-0.25, -0.2) is 0 Å². The second-order valence-electron chi connectivity index (χ2n) is 5.27.